The lowest BCUT2D eigenvalue weighted by molar-refractivity contribution is -0.113. The van der Waals surface area contributed by atoms with Crippen molar-refractivity contribution in [1.29, 1.82) is 0 Å². The quantitative estimate of drug-likeness (QED) is 0.514. The summed E-state index contributed by atoms with van der Waals surface area (Å²) in [4.78, 5) is 19.9. The number of methoxy groups -OCH3 is 1. The highest BCUT2D eigenvalue weighted by atomic mass is 32.2. The maximum Gasteiger partial charge on any atom is 0.286 e. The molecule has 0 radical (unpaired) electrons. The van der Waals surface area contributed by atoms with Gasteiger partial charge < -0.3 is 14.4 Å². The number of amides is 1. The minimum Gasteiger partial charge on any atom is -0.497 e. The van der Waals surface area contributed by atoms with E-state index in [1.807, 2.05) is 85.4 Å². The van der Waals surface area contributed by atoms with E-state index in [1.54, 1.807) is 7.11 Å². The molecule has 0 N–H and O–H groups in total. The fraction of sp³-hybridized carbons (Fsp3) is 0.269. The highest BCUT2D eigenvalue weighted by molar-refractivity contribution is 8.18. The number of amidine groups is 1. The maximum absolute atomic E-state index is 12.8. The molecular formula is C26H26N4O3S. The molecule has 1 fully saturated rings. The number of ether oxygens (including phenoxy) is 2. The first kappa shape index (κ1) is 22.4. The summed E-state index contributed by atoms with van der Waals surface area (Å²) in [6, 6.07) is 17.7. The third-order valence-electron chi connectivity index (χ3n) is 5.71. The normalized spacial score (nSPS) is 21.7. The van der Waals surface area contributed by atoms with Crippen LogP contribution in [0.2, 0.25) is 0 Å². The molecule has 1 aromatic heterocycles. The molecule has 8 heteroatoms. The molecule has 0 bridgehead atoms. The highest BCUT2D eigenvalue weighted by Crippen LogP contribution is 2.34. The van der Waals surface area contributed by atoms with Crippen LogP contribution in [-0.2, 0) is 9.53 Å². The van der Waals surface area contributed by atoms with Crippen LogP contribution in [0.1, 0.15) is 19.4 Å². The van der Waals surface area contributed by atoms with E-state index in [-0.39, 0.29) is 18.1 Å². The third-order valence-corrected chi connectivity index (χ3v) is 6.76. The molecular weight excluding hydrogens is 448 g/mol. The third kappa shape index (κ3) is 4.64. The second-order valence-electron chi connectivity index (χ2n) is 8.41. The highest BCUT2D eigenvalue weighted by Gasteiger charge is 2.31. The van der Waals surface area contributed by atoms with E-state index < -0.39 is 0 Å². The minimum atomic E-state index is -0.222. The van der Waals surface area contributed by atoms with Gasteiger partial charge in [-0.15, -0.1) is 0 Å². The van der Waals surface area contributed by atoms with E-state index in [4.69, 9.17) is 14.6 Å². The molecule has 2 aromatic carbocycles. The Bertz CT molecular complexity index is 1240. The van der Waals surface area contributed by atoms with Crippen molar-refractivity contribution in [2.75, 3.05) is 20.2 Å². The summed E-state index contributed by atoms with van der Waals surface area (Å²) in [6.45, 7) is 5.53. The summed E-state index contributed by atoms with van der Waals surface area (Å²) in [7, 11) is 1.64. The van der Waals surface area contributed by atoms with Crippen LogP contribution in [-0.4, -0.2) is 58.2 Å². The van der Waals surface area contributed by atoms with Crippen molar-refractivity contribution in [3.8, 4) is 22.7 Å². The number of morpholine rings is 1. The zero-order valence-corrected chi connectivity index (χ0v) is 20.2. The number of hydrogen-bond acceptors (Lipinski definition) is 6. The van der Waals surface area contributed by atoms with E-state index in [2.05, 4.69) is 9.89 Å². The van der Waals surface area contributed by atoms with Gasteiger partial charge >= 0.3 is 0 Å². The van der Waals surface area contributed by atoms with E-state index in [0.717, 1.165) is 46.5 Å². The Morgan fingerprint density at radius 2 is 1.76 bits per heavy atom. The number of thioether (sulfide) groups is 1. The Kier molecular flexibility index (Phi) is 6.26. The van der Waals surface area contributed by atoms with E-state index in [1.165, 1.54) is 11.8 Å². The van der Waals surface area contributed by atoms with Crippen molar-refractivity contribution >= 4 is 28.9 Å². The lowest BCUT2D eigenvalue weighted by Gasteiger charge is -2.35. The lowest BCUT2D eigenvalue weighted by atomic mass is 10.1. The molecule has 2 aliphatic rings. The predicted octanol–water partition coefficient (Wildman–Crippen LogP) is 4.63. The van der Waals surface area contributed by atoms with E-state index in [9.17, 15) is 4.79 Å². The van der Waals surface area contributed by atoms with Crippen LogP contribution in [0, 0.1) is 0 Å². The minimum absolute atomic E-state index is 0.0981. The van der Waals surface area contributed by atoms with Crippen LogP contribution < -0.4 is 4.74 Å². The second-order valence-corrected chi connectivity index (χ2v) is 9.42. The van der Waals surface area contributed by atoms with Gasteiger partial charge in [0, 0.05) is 30.4 Å². The number of para-hydroxylation sites is 1. The molecule has 5 rings (SSSR count). The summed E-state index contributed by atoms with van der Waals surface area (Å²) < 4.78 is 13.0. The number of aromatic nitrogens is 2. The number of aliphatic imine (C=N–C) groups is 1. The molecule has 7 nitrogen and oxygen atoms in total. The fourth-order valence-electron chi connectivity index (χ4n) is 4.19. The molecule has 1 saturated heterocycles. The SMILES string of the molecule is COc1ccc(-c2nn(-c3ccccc3)cc2C=C2SC(N3CC(C)OC(C)C3)=NC2=O)cc1. The Labute approximate surface area is 203 Å². The molecule has 0 aliphatic carbocycles. The molecule has 0 saturated carbocycles. The molecule has 3 aromatic rings. The van der Waals surface area contributed by atoms with Crippen molar-refractivity contribution in [2.45, 2.75) is 26.1 Å². The number of hydrogen-bond donors (Lipinski definition) is 0. The average molecular weight is 475 g/mol. The van der Waals surface area contributed by atoms with Gasteiger partial charge in [0.05, 0.1) is 35.6 Å². The Hall–Kier alpha value is -3.36. The van der Waals surface area contributed by atoms with Crippen molar-refractivity contribution in [3.05, 3.63) is 71.3 Å². The van der Waals surface area contributed by atoms with Crippen LogP contribution in [0.5, 0.6) is 5.75 Å². The number of rotatable bonds is 4. The standard InChI is InChI=1S/C26H26N4O3S/c1-17-14-29(15-18(2)33-17)26-27-25(31)23(34-26)13-20-16-30(21-7-5-4-6-8-21)28-24(20)19-9-11-22(32-3)12-10-19/h4-13,16-18H,14-15H2,1-3H3. The Morgan fingerprint density at radius 3 is 2.44 bits per heavy atom. The van der Waals surface area contributed by atoms with Gasteiger partial charge in [-0.05, 0) is 68.1 Å². The van der Waals surface area contributed by atoms with Gasteiger partial charge in [-0.2, -0.15) is 10.1 Å². The van der Waals surface area contributed by atoms with Gasteiger partial charge in [-0.25, -0.2) is 4.68 Å². The smallest absolute Gasteiger partial charge is 0.286 e. The number of benzene rings is 2. The molecule has 0 spiro atoms. The molecule has 2 unspecified atom stereocenters. The Balaban J connectivity index is 1.49. The van der Waals surface area contributed by atoms with Crippen molar-refractivity contribution in [2.24, 2.45) is 4.99 Å². The van der Waals surface area contributed by atoms with Gasteiger partial charge in [0.2, 0.25) is 0 Å². The molecule has 34 heavy (non-hydrogen) atoms. The number of carbonyl (C=O) groups is 1. The predicted molar refractivity (Wildman–Crippen MR) is 135 cm³/mol. The van der Waals surface area contributed by atoms with Crippen LogP contribution >= 0.6 is 11.8 Å². The first-order chi connectivity index (χ1) is 16.5. The van der Waals surface area contributed by atoms with Gasteiger partial charge in [0.15, 0.2) is 5.17 Å². The summed E-state index contributed by atoms with van der Waals surface area (Å²) in [5.74, 6) is 0.555. The molecule has 2 aliphatic heterocycles. The van der Waals surface area contributed by atoms with Crippen LogP contribution in [0.15, 0.2) is 70.7 Å². The van der Waals surface area contributed by atoms with Crippen molar-refractivity contribution < 1.29 is 14.3 Å². The summed E-state index contributed by atoms with van der Waals surface area (Å²) in [6.07, 6.45) is 4.04. The molecule has 3 heterocycles. The monoisotopic (exact) mass is 474 g/mol. The fourth-order valence-corrected chi connectivity index (χ4v) is 5.11. The molecule has 174 valence electrons. The van der Waals surface area contributed by atoms with Crippen molar-refractivity contribution in [3.63, 3.8) is 0 Å². The second kappa shape index (κ2) is 9.48. The summed E-state index contributed by atoms with van der Waals surface area (Å²) in [5.41, 5.74) is 3.52. The van der Waals surface area contributed by atoms with Gasteiger partial charge in [0.1, 0.15) is 5.75 Å². The van der Waals surface area contributed by atoms with Gasteiger partial charge in [-0.1, -0.05) is 18.2 Å². The molecule has 1 amide bonds. The van der Waals surface area contributed by atoms with Gasteiger partial charge in [0.25, 0.3) is 5.91 Å². The largest absolute Gasteiger partial charge is 0.497 e. The summed E-state index contributed by atoms with van der Waals surface area (Å²) in [5, 5.41) is 5.58. The Morgan fingerprint density at radius 1 is 1.06 bits per heavy atom. The van der Waals surface area contributed by atoms with E-state index >= 15 is 0 Å². The maximum atomic E-state index is 12.8. The molecule has 2 atom stereocenters. The first-order valence-electron chi connectivity index (χ1n) is 11.2. The topological polar surface area (TPSA) is 68.9 Å². The lowest BCUT2D eigenvalue weighted by Crippen LogP contribution is -2.47. The van der Waals surface area contributed by atoms with Gasteiger partial charge in [-0.3, -0.25) is 4.79 Å². The van der Waals surface area contributed by atoms with Crippen molar-refractivity contribution in [1.82, 2.24) is 14.7 Å². The number of nitrogens with zero attached hydrogens (tertiary/aromatic N) is 4. The van der Waals surface area contributed by atoms with E-state index in [0.29, 0.717) is 4.91 Å². The van der Waals surface area contributed by atoms with Crippen LogP contribution in [0.3, 0.4) is 0 Å². The number of carbonyl (C=O) groups excluding carboxylic acids is 1. The van der Waals surface area contributed by atoms with Crippen LogP contribution in [0.25, 0.3) is 23.0 Å². The zero-order valence-electron chi connectivity index (χ0n) is 19.3. The average Bonchev–Trinajstić information content (AvgIpc) is 3.43. The van der Waals surface area contributed by atoms with Crippen LogP contribution in [0.4, 0.5) is 0 Å². The first-order valence-corrected chi connectivity index (χ1v) is 12.0. The zero-order chi connectivity index (χ0) is 23.7. The summed E-state index contributed by atoms with van der Waals surface area (Å²) >= 11 is 1.41.